The van der Waals surface area contributed by atoms with Gasteiger partial charge in [0.1, 0.15) is 5.52 Å². The van der Waals surface area contributed by atoms with Gasteiger partial charge in [-0.05, 0) is 51.9 Å². The van der Waals surface area contributed by atoms with E-state index in [1.54, 1.807) is 23.7 Å². The number of piperidine rings is 1. The first kappa shape index (κ1) is 21.1. The molecule has 6 rings (SSSR count). The summed E-state index contributed by atoms with van der Waals surface area (Å²) in [5.74, 6) is -0.793. The van der Waals surface area contributed by atoms with Gasteiger partial charge in [-0.25, -0.2) is 9.37 Å². The Morgan fingerprint density at radius 3 is 2.76 bits per heavy atom. The zero-order valence-electron chi connectivity index (χ0n) is 19.4. The number of benzene rings is 1. The molecule has 2 aliphatic heterocycles. The molecule has 2 fully saturated rings. The molecular formula is C25H28FN7O. The summed E-state index contributed by atoms with van der Waals surface area (Å²) >= 11 is 0. The van der Waals surface area contributed by atoms with Gasteiger partial charge in [-0.2, -0.15) is 5.10 Å². The molecule has 0 atom stereocenters. The molecule has 0 bridgehead atoms. The van der Waals surface area contributed by atoms with Crippen LogP contribution >= 0.6 is 0 Å². The maximum Gasteiger partial charge on any atom is 0.257 e. The van der Waals surface area contributed by atoms with Crippen molar-refractivity contribution in [2.75, 3.05) is 36.4 Å². The molecule has 176 valence electrons. The third-order valence-electron chi connectivity index (χ3n) is 7.21. The normalized spacial score (nSPS) is 17.4. The van der Waals surface area contributed by atoms with Gasteiger partial charge in [-0.3, -0.25) is 9.48 Å². The molecule has 0 radical (unpaired) electrons. The highest BCUT2D eigenvalue weighted by atomic mass is 19.1. The summed E-state index contributed by atoms with van der Waals surface area (Å²) in [5.41, 5.74) is 4.00. The maximum absolute atomic E-state index is 14.5. The van der Waals surface area contributed by atoms with Crippen molar-refractivity contribution in [2.45, 2.75) is 33.2 Å². The van der Waals surface area contributed by atoms with Gasteiger partial charge in [0.25, 0.3) is 5.91 Å². The van der Waals surface area contributed by atoms with E-state index < -0.39 is 5.82 Å². The Morgan fingerprint density at radius 2 is 2.00 bits per heavy atom. The maximum atomic E-state index is 14.5. The SMILES string of the molecule is CCn1cc2c(N3CC4(CCNCC4)C3)ccc(C(=O)Nc3cc(F)c4nc(C)cn4c3)c2n1. The Morgan fingerprint density at radius 1 is 1.21 bits per heavy atom. The highest BCUT2D eigenvalue weighted by molar-refractivity contribution is 6.14. The highest BCUT2D eigenvalue weighted by Crippen LogP contribution is 2.43. The number of hydrogen-bond acceptors (Lipinski definition) is 5. The highest BCUT2D eigenvalue weighted by Gasteiger charge is 2.44. The molecule has 1 amide bonds. The summed E-state index contributed by atoms with van der Waals surface area (Å²) in [6.07, 6.45) is 7.84. The van der Waals surface area contributed by atoms with E-state index in [2.05, 4.69) is 20.5 Å². The molecular weight excluding hydrogens is 433 g/mol. The molecule has 1 spiro atoms. The van der Waals surface area contributed by atoms with Crippen LogP contribution in [0, 0.1) is 18.2 Å². The van der Waals surface area contributed by atoms with Crippen LogP contribution in [-0.2, 0) is 6.54 Å². The number of carbonyl (C=O) groups is 1. The zero-order valence-corrected chi connectivity index (χ0v) is 19.4. The van der Waals surface area contributed by atoms with E-state index in [0.29, 0.717) is 34.4 Å². The Labute approximate surface area is 196 Å². The number of aromatic nitrogens is 4. The van der Waals surface area contributed by atoms with Crippen molar-refractivity contribution in [2.24, 2.45) is 5.41 Å². The smallest absolute Gasteiger partial charge is 0.257 e. The molecule has 34 heavy (non-hydrogen) atoms. The molecule has 2 aliphatic rings. The fraction of sp³-hybridized carbons (Fsp3) is 0.400. The second-order valence-corrected chi connectivity index (χ2v) is 9.63. The molecule has 0 aliphatic carbocycles. The number of aryl methyl sites for hydroxylation is 2. The van der Waals surface area contributed by atoms with Gasteiger partial charge in [0.15, 0.2) is 11.5 Å². The predicted octanol–water partition coefficient (Wildman–Crippen LogP) is 3.59. The Hall–Kier alpha value is -3.46. The summed E-state index contributed by atoms with van der Waals surface area (Å²) in [4.78, 5) is 19.8. The first-order valence-electron chi connectivity index (χ1n) is 11.9. The third kappa shape index (κ3) is 3.42. The molecule has 3 aromatic heterocycles. The van der Waals surface area contributed by atoms with Gasteiger partial charge >= 0.3 is 0 Å². The molecule has 1 aromatic carbocycles. The van der Waals surface area contributed by atoms with Gasteiger partial charge in [0, 0.05) is 60.8 Å². The Bertz CT molecular complexity index is 1410. The number of hydrogen-bond donors (Lipinski definition) is 2. The van der Waals surface area contributed by atoms with Crippen LogP contribution in [0.4, 0.5) is 15.8 Å². The van der Waals surface area contributed by atoms with Crippen LogP contribution in [0.3, 0.4) is 0 Å². The fourth-order valence-electron chi connectivity index (χ4n) is 5.41. The molecule has 2 N–H and O–H groups in total. The van der Waals surface area contributed by atoms with Gasteiger partial charge in [-0.1, -0.05) is 0 Å². The van der Waals surface area contributed by atoms with Crippen molar-refractivity contribution in [3.63, 3.8) is 0 Å². The van der Waals surface area contributed by atoms with Crippen molar-refractivity contribution in [1.82, 2.24) is 24.5 Å². The number of nitrogens with one attached hydrogen (secondary N) is 2. The summed E-state index contributed by atoms with van der Waals surface area (Å²) in [7, 11) is 0. The molecule has 9 heteroatoms. The predicted molar refractivity (Wildman–Crippen MR) is 130 cm³/mol. The van der Waals surface area contributed by atoms with E-state index >= 15 is 0 Å². The van der Waals surface area contributed by atoms with Gasteiger partial charge in [0.05, 0.1) is 16.9 Å². The number of pyridine rings is 1. The van der Waals surface area contributed by atoms with Gasteiger partial charge in [0.2, 0.25) is 0 Å². The number of nitrogens with zero attached hydrogens (tertiary/aromatic N) is 5. The topological polar surface area (TPSA) is 79.5 Å². The fourth-order valence-corrected chi connectivity index (χ4v) is 5.41. The minimum atomic E-state index is -0.480. The van der Waals surface area contributed by atoms with Gasteiger partial charge in [-0.15, -0.1) is 0 Å². The van der Waals surface area contributed by atoms with E-state index in [4.69, 9.17) is 5.10 Å². The van der Waals surface area contributed by atoms with Crippen LogP contribution in [0.5, 0.6) is 0 Å². The third-order valence-corrected chi connectivity index (χ3v) is 7.21. The molecule has 5 heterocycles. The van der Waals surface area contributed by atoms with Crippen LogP contribution in [0.2, 0.25) is 0 Å². The first-order chi connectivity index (χ1) is 16.4. The standard InChI is InChI=1S/C25H28FN7O/c1-3-33-13-19-21(32-14-25(15-32)6-8-27-9-7-25)5-4-18(22(19)30-33)24(34)29-17-10-20(26)23-28-16(2)11-31(23)12-17/h4-5,10-13,27H,3,6-9,14-15H2,1-2H3,(H,29,34). The first-order valence-corrected chi connectivity index (χ1v) is 11.9. The van der Waals surface area contributed by atoms with Crippen LogP contribution in [0.15, 0.2) is 36.8 Å². The van der Waals surface area contributed by atoms with Crippen molar-refractivity contribution < 1.29 is 9.18 Å². The lowest BCUT2D eigenvalue weighted by atomic mass is 9.72. The van der Waals surface area contributed by atoms with Crippen molar-refractivity contribution in [3.8, 4) is 0 Å². The van der Waals surface area contributed by atoms with Crippen LogP contribution in [-0.4, -0.2) is 51.3 Å². The summed E-state index contributed by atoms with van der Waals surface area (Å²) in [6, 6.07) is 5.16. The van der Waals surface area contributed by atoms with Crippen LogP contribution < -0.4 is 15.5 Å². The Kier molecular flexibility index (Phi) is 4.84. The number of halogens is 1. The van der Waals surface area contributed by atoms with E-state index in [-0.39, 0.29) is 11.6 Å². The monoisotopic (exact) mass is 461 g/mol. The van der Waals surface area contributed by atoms with Crippen molar-refractivity contribution in [1.29, 1.82) is 0 Å². The zero-order chi connectivity index (χ0) is 23.4. The van der Waals surface area contributed by atoms with Crippen LogP contribution in [0.25, 0.3) is 16.6 Å². The largest absolute Gasteiger partial charge is 0.370 e. The summed E-state index contributed by atoms with van der Waals surface area (Å²) in [6.45, 7) is 8.80. The second-order valence-electron chi connectivity index (χ2n) is 9.63. The van der Waals surface area contributed by atoms with E-state index in [0.717, 1.165) is 37.3 Å². The quantitative estimate of drug-likeness (QED) is 0.486. The van der Waals surface area contributed by atoms with Crippen molar-refractivity contribution >= 4 is 33.8 Å². The van der Waals surface area contributed by atoms with Crippen LogP contribution in [0.1, 0.15) is 35.8 Å². The van der Waals surface area contributed by atoms with E-state index in [1.165, 1.54) is 18.9 Å². The number of rotatable bonds is 4. The number of amides is 1. The average molecular weight is 462 g/mol. The molecule has 4 aromatic rings. The average Bonchev–Trinajstić information content (AvgIpc) is 3.40. The lowest BCUT2D eigenvalue weighted by Crippen LogP contribution is -2.60. The number of anilines is 2. The van der Waals surface area contributed by atoms with Crippen molar-refractivity contribution in [3.05, 3.63) is 53.9 Å². The number of carbonyl (C=O) groups excluding carboxylic acids is 1. The lowest BCUT2D eigenvalue weighted by molar-refractivity contribution is 0.102. The van der Waals surface area contributed by atoms with E-state index in [1.807, 2.05) is 29.9 Å². The molecule has 0 unspecified atom stereocenters. The molecule has 2 saturated heterocycles. The number of fused-ring (bicyclic) bond motifs is 2. The number of imidazole rings is 1. The van der Waals surface area contributed by atoms with Gasteiger partial charge < -0.3 is 19.9 Å². The molecule has 8 nitrogen and oxygen atoms in total. The minimum Gasteiger partial charge on any atom is -0.370 e. The molecule has 0 saturated carbocycles. The summed E-state index contributed by atoms with van der Waals surface area (Å²) in [5, 5.41) is 12.0. The minimum absolute atomic E-state index is 0.241. The lowest BCUT2D eigenvalue weighted by Gasteiger charge is -2.53. The summed E-state index contributed by atoms with van der Waals surface area (Å²) < 4.78 is 17.9. The van der Waals surface area contributed by atoms with E-state index in [9.17, 15) is 9.18 Å². The second kappa shape index (κ2) is 7.80. The Balaban J connectivity index is 1.31.